The zero-order valence-electron chi connectivity index (χ0n) is 24.7. The van der Waals surface area contributed by atoms with E-state index in [1.807, 2.05) is 30.7 Å². The van der Waals surface area contributed by atoms with Crippen LogP contribution in [-0.4, -0.2) is 102 Å². The van der Waals surface area contributed by atoms with Gasteiger partial charge in [-0.05, 0) is 69.6 Å². The van der Waals surface area contributed by atoms with Crippen LogP contribution in [0.4, 0.5) is 0 Å². The molecule has 0 spiro atoms. The van der Waals surface area contributed by atoms with E-state index in [0.717, 1.165) is 45.2 Å². The van der Waals surface area contributed by atoms with Crippen LogP contribution >= 0.6 is 0 Å². The fourth-order valence-electron chi connectivity index (χ4n) is 5.77. The van der Waals surface area contributed by atoms with Gasteiger partial charge >= 0.3 is 0 Å². The number of carbonyl (C=O) groups excluding carboxylic acids is 2. The first-order valence-electron chi connectivity index (χ1n) is 14.4. The molecular weight excluding hydrogens is 498 g/mol. The maximum Gasteiger partial charge on any atom is 0.254 e. The van der Waals surface area contributed by atoms with Crippen molar-refractivity contribution in [3.8, 4) is 11.5 Å². The van der Waals surface area contributed by atoms with Crippen molar-refractivity contribution in [3.63, 3.8) is 0 Å². The number of methoxy groups -OCH3 is 3. The van der Waals surface area contributed by atoms with Gasteiger partial charge in [0.2, 0.25) is 5.91 Å². The SMILES string of the molecule is COCCCOc1cc(C(=O)N(C[C@@H]2CNC[C@H]2CN(C)C(=O)[C@H]2CC[C@@H](OC)CC2)C(C)C)ccc1OC. The molecule has 0 aromatic heterocycles. The molecule has 3 rings (SSSR count). The number of nitrogens with zero attached hydrogens (tertiary/aromatic N) is 2. The summed E-state index contributed by atoms with van der Waals surface area (Å²) in [7, 11) is 6.94. The first kappa shape index (κ1) is 31.2. The quantitative estimate of drug-likeness (QED) is 0.357. The topological polar surface area (TPSA) is 89.6 Å². The van der Waals surface area contributed by atoms with Crippen molar-refractivity contribution in [2.45, 2.75) is 58.1 Å². The van der Waals surface area contributed by atoms with Crippen molar-refractivity contribution in [3.05, 3.63) is 23.8 Å². The molecule has 39 heavy (non-hydrogen) atoms. The van der Waals surface area contributed by atoms with Gasteiger partial charge in [-0.2, -0.15) is 0 Å². The normalized spacial score (nSPS) is 23.1. The number of hydrogen-bond donors (Lipinski definition) is 1. The second-order valence-electron chi connectivity index (χ2n) is 11.2. The van der Waals surface area contributed by atoms with Crippen LogP contribution < -0.4 is 14.8 Å². The Balaban J connectivity index is 1.63. The largest absolute Gasteiger partial charge is 0.493 e. The molecule has 1 aromatic rings. The lowest BCUT2D eigenvalue weighted by atomic mass is 9.86. The standard InChI is InChI=1S/C30H49N3O6/c1-21(2)33(30(35)23-10-13-27(38-6)28(16-23)39-15-7-14-36-4)20-25-18-31-17-24(25)19-32(3)29(34)22-8-11-26(37-5)12-9-22/h10,13,16,21-22,24-26,31H,7-9,11-12,14-15,17-20H2,1-6H3/t22-,24-,25-,26+/m0/s1. The van der Waals surface area contributed by atoms with E-state index in [-0.39, 0.29) is 35.8 Å². The van der Waals surface area contributed by atoms with Crippen molar-refractivity contribution in [2.75, 3.05) is 67.8 Å². The molecule has 2 atom stereocenters. The minimum atomic E-state index is -0.0284. The van der Waals surface area contributed by atoms with Crippen LogP contribution in [0.2, 0.25) is 0 Å². The highest BCUT2D eigenvalue weighted by Gasteiger charge is 2.35. The third kappa shape index (κ3) is 8.56. The van der Waals surface area contributed by atoms with Crippen LogP contribution in [0.3, 0.4) is 0 Å². The van der Waals surface area contributed by atoms with Crippen LogP contribution in [0.15, 0.2) is 18.2 Å². The highest BCUT2D eigenvalue weighted by molar-refractivity contribution is 5.95. The smallest absolute Gasteiger partial charge is 0.254 e. The van der Waals surface area contributed by atoms with E-state index < -0.39 is 0 Å². The molecule has 0 bridgehead atoms. The first-order chi connectivity index (χ1) is 18.8. The summed E-state index contributed by atoms with van der Waals surface area (Å²) in [6, 6.07) is 5.40. The second kappa shape index (κ2) is 15.4. The van der Waals surface area contributed by atoms with Crippen molar-refractivity contribution < 1.29 is 28.5 Å². The van der Waals surface area contributed by atoms with Crippen molar-refractivity contribution in [1.29, 1.82) is 0 Å². The lowest BCUT2D eigenvalue weighted by molar-refractivity contribution is -0.136. The number of hydrogen-bond acceptors (Lipinski definition) is 7. The molecule has 9 heteroatoms. The monoisotopic (exact) mass is 547 g/mol. The number of rotatable bonds is 14. The molecule has 2 amide bonds. The Bertz CT molecular complexity index is 918. The molecular formula is C30H49N3O6. The van der Waals surface area contributed by atoms with Gasteiger partial charge in [0.05, 0.1) is 19.8 Å². The third-order valence-corrected chi connectivity index (χ3v) is 8.20. The fraction of sp³-hybridized carbons (Fsp3) is 0.733. The predicted octanol–water partition coefficient (Wildman–Crippen LogP) is 3.46. The molecule has 1 saturated heterocycles. The van der Waals surface area contributed by atoms with Crippen LogP contribution in [-0.2, 0) is 14.3 Å². The minimum absolute atomic E-state index is 0.0284. The van der Waals surface area contributed by atoms with Gasteiger partial charge in [0, 0.05) is 78.0 Å². The van der Waals surface area contributed by atoms with E-state index in [1.165, 1.54) is 0 Å². The number of amides is 2. The zero-order chi connectivity index (χ0) is 28.4. The van der Waals surface area contributed by atoms with Gasteiger partial charge < -0.3 is 34.1 Å². The van der Waals surface area contributed by atoms with Crippen LogP contribution in [0.1, 0.15) is 56.3 Å². The second-order valence-corrected chi connectivity index (χ2v) is 11.2. The van der Waals surface area contributed by atoms with Crippen molar-refractivity contribution >= 4 is 11.8 Å². The van der Waals surface area contributed by atoms with Crippen LogP contribution in [0, 0.1) is 17.8 Å². The van der Waals surface area contributed by atoms with Gasteiger partial charge in [0.25, 0.3) is 5.91 Å². The summed E-state index contributed by atoms with van der Waals surface area (Å²) in [6.45, 7) is 8.19. The molecule has 220 valence electrons. The number of benzene rings is 1. The molecule has 1 heterocycles. The van der Waals surface area contributed by atoms with Gasteiger partial charge in [-0.25, -0.2) is 0 Å². The van der Waals surface area contributed by atoms with E-state index in [4.69, 9.17) is 18.9 Å². The number of nitrogens with one attached hydrogen (secondary N) is 1. The lowest BCUT2D eigenvalue weighted by Crippen LogP contribution is -2.44. The molecule has 0 unspecified atom stereocenters. The Morgan fingerprint density at radius 2 is 1.67 bits per heavy atom. The summed E-state index contributed by atoms with van der Waals surface area (Å²) in [6.07, 6.45) is 4.71. The summed E-state index contributed by atoms with van der Waals surface area (Å²) < 4.78 is 21.9. The maximum absolute atomic E-state index is 13.7. The highest BCUT2D eigenvalue weighted by atomic mass is 16.5. The van der Waals surface area contributed by atoms with Gasteiger partial charge in [0.15, 0.2) is 11.5 Å². The number of carbonyl (C=O) groups is 2. The molecule has 1 saturated carbocycles. The average Bonchev–Trinajstić information content (AvgIpc) is 3.39. The summed E-state index contributed by atoms with van der Waals surface area (Å²) in [5.41, 5.74) is 0.577. The average molecular weight is 548 g/mol. The molecule has 1 N–H and O–H groups in total. The van der Waals surface area contributed by atoms with E-state index in [0.29, 0.717) is 49.3 Å². The van der Waals surface area contributed by atoms with Crippen LogP contribution in [0.25, 0.3) is 0 Å². The van der Waals surface area contributed by atoms with E-state index in [2.05, 4.69) is 5.32 Å². The molecule has 2 fully saturated rings. The first-order valence-corrected chi connectivity index (χ1v) is 14.4. The van der Waals surface area contributed by atoms with E-state index >= 15 is 0 Å². The fourth-order valence-corrected chi connectivity index (χ4v) is 5.77. The van der Waals surface area contributed by atoms with Crippen molar-refractivity contribution in [2.24, 2.45) is 17.8 Å². The Kier molecular flexibility index (Phi) is 12.3. The third-order valence-electron chi connectivity index (χ3n) is 8.20. The summed E-state index contributed by atoms with van der Waals surface area (Å²) >= 11 is 0. The van der Waals surface area contributed by atoms with Crippen molar-refractivity contribution in [1.82, 2.24) is 15.1 Å². The summed E-state index contributed by atoms with van der Waals surface area (Å²) in [5.74, 6) is 2.01. The summed E-state index contributed by atoms with van der Waals surface area (Å²) in [4.78, 5) is 30.7. The number of ether oxygens (including phenoxy) is 4. The van der Waals surface area contributed by atoms with Crippen LogP contribution in [0.5, 0.6) is 11.5 Å². The Hall–Kier alpha value is -2.36. The van der Waals surface area contributed by atoms with Gasteiger partial charge in [0.1, 0.15) is 0 Å². The Morgan fingerprint density at radius 3 is 2.28 bits per heavy atom. The summed E-state index contributed by atoms with van der Waals surface area (Å²) in [5, 5.41) is 3.50. The van der Waals surface area contributed by atoms with Gasteiger partial charge in [-0.15, -0.1) is 0 Å². The van der Waals surface area contributed by atoms with Gasteiger partial charge in [-0.1, -0.05) is 0 Å². The van der Waals surface area contributed by atoms with Gasteiger partial charge in [-0.3, -0.25) is 9.59 Å². The lowest BCUT2D eigenvalue weighted by Gasteiger charge is -2.34. The molecule has 1 aliphatic carbocycles. The molecule has 2 aliphatic rings. The highest BCUT2D eigenvalue weighted by Crippen LogP contribution is 2.31. The maximum atomic E-state index is 13.7. The predicted molar refractivity (Wildman–Crippen MR) is 151 cm³/mol. The zero-order valence-corrected chi connectivity index (χ0v) is 24.7. The van der Waals surface area contributed by atoms with E-state index in [1.54, 1.807) is 39.5 Å². The van der Waals surface area contributed by atoms with E-state index in [9.17, 15) is 9.59 Å². The molecule has 1 aromatic carbocycles. The minimum Gasteiger partial charge on any atom is -0.493 e. The Morgan fingerprint density at radius 1 is 0.974 bits per heavy atom. The molecule has 1 aliphatic heterocycles. The Labute approximate surface area is 234 Å². The molecule has 0 radical (unpaired) electrons. The molecule has 9 nitrogen and oxygen atoms in total.